The molecule has 1 aromatic rings. The van der Waals surface area contributed by atoms with Gasteiger partial charge in [0.2, 0.25) is 11.9 Å². The van der Waals surface area contributed by atoms with Gasteiger partial charge in [0.1, 0.15) is 0 Å². The monoisotopic (exact) mass is 257 g/mol. The molecular formula is C10H19N5OS. The quantitative estimate of drug-likeness (QED) is 0.757. The first kappa shape index (κ1) is 14.0. The van der Waals surface area contributed by atoms with Crippen LogP contribution in [0.2, 0.25) is 0 Å². The van der Waals surface area contributed by atoms with E-state index in [0.29, 0.717) is 17.1 Å². The highest BCUT2D eigenvalue weighted by Crippen LogP contribution is 2.23. The number of nitrogens with one attached hydrogen (secondary N) is 1. The molecule has 2 unspecified atom stereocenters. The molecule has 0 aliphatic heterocycles. The van der Waals surface area contributed by atoms with Crippen molar-refractivity contribution in [3.63, 3.8) is 0 Å². The Morgan fingerprint density at radius 1 is 1.24 bits per heavy atom. The van der Waals surface area contributed by atoms with Crippen molar-refractivity contribution in [2.24, 2.45) is 0 Å². The fraction of sp³-hybridized carbons (Fsp3) is 0.700. The molecule has 96 valence electrons. The molecule has 1 heterocycles. The molecule has 0 amide bonds. The molecule has 0 saturated carbocycles. The molecule has 0 aromatic carbocycles. The van der Waals surface area contributed by atoms with Gasteiger partial charge in [-0.15, -0.1) is 0 Å². The fourth-order valence-corrected chi connectivity index (χ4v) is 1.78. The molecule has 1 aromatic heterocycles. The van der Waals surface area contributed by atoms with Crippen molar-refractivity contribution in [3.8, 4) is 0 Å². The summed E-state index contributed by atoms with van der Waals surface area (Å²) in [5.41, 5.74) is 0. The maximum Gasteiger partial charge on any atom is 0.230 e. The molecule has 0 aliphatic carbocycles. The summed E-state index contributed by atoms with van der Waals surface area (Å²) in [6.45, 7) is 3.69. The van der Waals surface area contributed by atoms with Crippen LogP contribution in [0.15, 0.2) is 5.16 Å². The van der Waals surface area contributed by atoms with Crippen molar-refractivity contribution in [3.05, 3.63) is 0 Å². The maximum absolute atomic E-state index is 9.47. The van der Waals surface area contributed by atoms with Crippen molar-refractivity contribution < 1.29 is 5.11 Å². The van der Waals surface area contributed by atoms with Crippen LogP contribution in [-0.2, 0) is 0 Å². The molecule has 6 nitrogen and oxygen atoms in total. The Hall–Kier alpha value is -1.08. The lowest BCUT2D eigenvalue weighted by molar-refractivity contribution is 0.196. The van der Waals surface area contributed by atoms with Gasteiger partial charge in [0, 0.05) is 26.4 Å². The molecule has 0 spiro atoms. The van der Waals surface area contributed by atoms with Crippen LogP contribution in [0.25, 0.3) is 0 Å². The van der Waals surface area contributed by atoms with Crippen LogP contribution in [0, 0.1) is 0 Å². The summed E-state index contributed by atoms with van der Waals surface area (Å²) in [6, 6.07) is 0. The first-order valence-electron chi connectivity index (χ1n) is 5.40. The van der Waals surface area contributed by atoms with Crippen LogP contribution in [-0.4, -0.2) is 52.6 Å². The van der Waals surface area contributed by atoms with Gasteiger partial charge in [0.05, 0.1) is 6.10 Å². The minimum Gasteiger partial charge on any atom is -0.392 e. The molecule has 0 bridgehead atoms. The highest BCUT2D eigenvalue weighted by molar-refractivity contribution is 7.99. The Morgan fingerprint density at radius 3 is 2.35 bits per heavy atom. The topological polar surface area (TPSA) is 74.2 Å². The Bertz CT molecular complexity index is 372. The van der Waals surface area contributed by atoms with E-state index in [2.05, 4.69) is 20.3 Å². The molecule has 2 N–H and O–H groups in total. The number of aromatic nitrogens is 3. The molecule has 0 radical (unpaired) electrons. The number of aliphatic hydroxyl groups is 1. The largest absolute Gasteiger partial charge is 0.392 e. The van der Waals surface area contributed by atoms with Crippen LogP contribution >= 0.6 is 11.8 Å². The number of rotatable bonds is 5. The first-order valence-corrected chi connectivity index (χ1v) is 6.28. The maximum atomic E-state index is 9.47. The van der Waals surface area contributed by atoms with Gasteiger partial charge in [0.15, 0.2) is 5.16 Å². The van der Waals surface area contributed by atoms with E-state index in [1.807, 2.05) is 25.9 Å². The number of aliphatic hydroxyl groups excluding tert-OH is 1. The molecule has 7 heteroatoms. The van der Waals surface area contributed by atoms with Crippen LogP contribution in [0.5, 0.6) is 0 Å². The second-order valence-corrected chi connectivity index (χ2v) is 5.29. The minimum atomic E-state index is -0.405. The number of nitrogens with zero attached hydrogens (tertiary/aromatic N) is 4. The van der Waals surface area contributed by atoms with Gasteiger partial charge in [-0.05, 0) is 6.92 Å². The zero-order chi connectivity index (χ0) is 13.0. The van der Waals surface area contributed by atoms with Crippen molar-refractivity contribution in [2.45, 2.75) is 30.4 Å². The Labute approximate surface area is 106 Å². The van der Waals surface area contributed by atoms with Gasteiger partial charge >= 0.3 is 0 Å². The van der Waals surface area contributed by atoms with Gasteiger partial charge < -0.3 is 15.3 Å². The van der Waals surface area contributed by atoms with Crippen LogP contribution < -0.4 is 10.2 Å². The minimum absolute atomic E-state index is 0.0390. The van der Waals surface area contributed by atoms with E-state index >= 15 is 0 Å². The summed E-state index contributed by atoms with van der Waals surface area (Å²) in [5, 5.41) is 13.0. The first-order chi connectivity index (χ1) is 7.93. The lowest BCUT2D eigenvalue weighted by atomic mass is 10.3. The molecule has 0 saturated heterocycles. The average molecular weight is 257 g/mol. The van der Waals surface area contributed by atoms with Gasteiger partial charge in [0.25, 0.3) is 0 Å². The fourth-order valence-electron chi connectivity index (χ4n) is 0.975. The van der Waals surface area contributed by atoms with Gasteiger partial charge in [-0.2, -0.15) is 15.0 Å². The summed E-state index contributed by atoms with van der Waals surface area (Å²) in [5.74, 6) is 1.13. The normalized spacial score (nSPS) is 14.2. The van der Waals surface area contributed by atoms with Crippen molar-refractivity contribution in [1.82, 2.24) is 15.0 Å². The lowest BCUT2D eigenvalue weighted by Crippen LogP contribution is -2.18. The Morgan fingerprint density at radius 2 is 1.88 bits per heavy atom. The second-order valence-electron chi connectivity index (χ2n) is 3.95. The number of anilines is 2. The molecule has 2 atom stereocenters. The highest BCUT2D eigenvalue weighted by Gasteiger charge is 2.14. The summed E-state index contributed by atoms with van der Waals surface area (Å²) >= 11 is 1.43. The number of hydrogen-bond acceptors (Lipinski definition) is 7. The van der Waals surface area contributed by atoms with E-state index in [-0.39, 0.29) is 5.25 Å². The smallest absolute Gasteiger partial charge is 0.230 e. The predicted octanol–water partition coefficient (Wildman–Crippen LogP) is 0.841. The standard InChI is InChI=1S/C10H19N5OS/c1-6(16)7(2)17-10-13-8(11-3)12-9(14-10)15(4)5/h6-7,16H,1-5H3,(H,11,12,13,14). The summed E-state index contributed by atoms with van der Waals surface area (Å²) < 4.78 is 0. The Balaban J connectivity index is 2.94. The molecule has 17 heavy (non-hydrogen) atoms. The molecule has 0 fully saturated rings. The average Bonchev–Trinajstić information content (AvgIpc) is 2.28. The number of hydrogen-bond donors (Lipinski definition) is 2. The van der Waals surface area contributed by atoms with E-state index in [9.17, 15) is 5.11 Å². The third-order valence-electron chi connectivity index (χ3n) is 2.20. The molecular weight excluding hydrogens is 238 g/mol. The van der Waals surface area contributed by atoms with Crippen LogP contribution in [0.4, 0.5) is 11.9 Å². The van der Waals surface area contributed by atoms with Crippen molar-refractivity contribution in [2.75, 3.05) is 31.4 Å². The van der Waals surface area contributed by atoms with E-state index in [1.54, 1.807) is 14.0 Å². The third kappa shape index (κ3) is 4.01. The zero-order valence-electron chi connectivity index (χ0n) is 10.8. The van der Waals surface area contributed by atoms with E-state index in [0.717, 1.165) is 0 Å². The Kier molecular flexibility index (Phi) is 4.95. The van der Waals surface area contributed by atoms with Crippen LogP contribution in [0.1, 0.15) is 13.8 Å². The highest BCUT2D eigenvalue weighted by atomic mass is 32.2. The second kappa shape index (κ2) is 6.02. The third-order valence-corrected chi connectivity index (χ3v) is 3.36. The summed E-state index contributed by atoms with van der Waals surface area (Å²) in [4.78, 5) is 14.6. The predicted molar refractivity (Wildman–Crippen MR) is 70.7 cm³/mol. The van der Waals surface area contributed by atoms with Crippen molar-refractivity contribution >= 4 is 23.7 Å². The molecule has 1 rings (SSSR count). The zero-order valence-corrected chi connectivity index (χ0v) is 11.6. The van der Waals surface area contributed by atoms with E-state index in [4.69, 9.17) is 0 Å². The van der Waals surface area contributed by atoms with Crippen LogP contribution in [0.3, 0.4) is 0 Å². The van der Waals surface area contributed by atoms with E-state index in [1.165, 1.54) is 11.8 Å². The summed E-state index contributed by atoms with van der Waals surface area (Å²) in [7, 11) is 5.52. The van der Waals surface area contributed by atoms with Crippen molar-refractivity contribution in [1.29, 1.82) is 0 Å². The molecule has 0 aliphatic rings. The number of thioether (sulfide) groups is 1. The van der Waals surface area contributed by atoms with E-state index < -0.39 is 6.10 Å². The summed E-state index contributed by atoms with van der Waals surface area (Å²) in [6.07, 6.45) is -0.405. The SMILES string of the molecule is CNc1nc(SC(C)C(C)O)nc(N(C)C)n1. The van der Waals surface area contributed by atoms with Gasteiger partial charge in [-0.25, -0.2) is 0 Å². The lowest BCUT2D eigenvalue weighted by Gasteiger charge is -2.15. The van der Waals surface area contributed by atoms with Gasteiger partial charge in [-0.1, -0.05) is 18.7 Å². The van der Waals surface area contributed by atoms with Gasteiger partial charge in [-0.3, -0.25) is 0 Å².